The number of hydrogen-bond donors (Lipinski definition) is 1. The van der Waals surface area contributed by atoms with Gasteiger partial charge < -0.3 is 10.1 Å². The van der Waals surface area contributed by atoms with Gasteiger partial charge in [0.25, 0.3) is 0 Å². The summed E-state index contributed by atoms with van der Waals surface area (Å²) in [5, 5.41) is 14.1. The van der Waals surface area contributed by atoms with E-state index >= 15 is 0 Å². The Morgan fingerprint density at radius 3 is 2.53 bits per heavy atom. The number of nitrogens with zero attached hydrogens (tertiary/aromatic N) is 1. The Morgan fingerprint density at radius 2 is 2.06 bits per heavy atom. The highest BCUT2D eigenvalue weighted by Gasteiger charge is 2.15. The van der Waals surface area contributed by atoms with Gasteiger partial charge in [0.1, 0.15) is 0 Å². The molecule has 0 radical (unpaired) electrons. The van der Waals surface area contributed by atoms with Gasteiger partial charge in [-0.1, -0.05) is 13.8 Å². The lowest BCUT2D eigenvalue weighted by Crippen LogP contribution is -2.16. The second kappa shape index (κ2) is 6.08. The number of ether oxygens (including phenoxy) is 1. The number of rotatable bonds is 6. The molecule has 0 amide bonds. The third-order valence-corrected chi connectivity index (χ3v) is 2.73. The van der Waals surface area contributed by atoms with Crippen LogP contribution in [0.3, 0.4) is 0 Å². The number of benzene rings is 1. The molecule has 0 aromatic heterocycles. The minimum Gasteiger partial charge on any atom is -0.490 e. The lowest BCUT2D eigenvalue weighted by atomic mass is 10.1. The number of anilines is 1. The number of nitro benzene ring substituents is 1. The number of hydrogen-bond acceptors (Lipinski definition) is 4. The molecule has 0 aliphatic rings. The van der Waals surface area contributed by atoms with Crippen molar-refractivity contribution in [3.05, 3.63) is 28.3 Å². The van der Waals surface area contributed by atoms with Gasteiger partial charge in [-0.15, -0.1) is 0 Å². The predicted octanol–water partition coefficient (Wildman–Crippen LogP) is 3.20. The molecular formula is C12H18N2O3. The second-order valence-electron chi connectivity index (χ2n) is 3.80. The molecule has 0 saturated heterocycles. The first kappa shape index (κ1) is 13.3. The molecule has 1 aromatic rings. The van der Waals surface area contributed by atoms with Gasteiger partial charge in [-0.3, -0.25) is 10.1 Å². The highest BCUT2D eigenvalue weighted by Crippen LogP contribution is 2.30. The normalized spacial score (nSPS) is 10.4. The summed E-state index contributed by atoms with van der Waals surface area (Å²) in [7, 11) is 1.43. The Hall–Kier alpha value is -1.78. The fraction of sp³-hybridized carbons (Fsp3) is 0.500. The van der Waals surface area contributed by atoms with Crippen molar-refractivity contribution in [2.75, 3.05) is 12.4 Å². The lowest BCUT2D eigenvalue weighted by Gasteiger charge is -2.16. The molecule has 0 bridgehead atoms. The van der Waals surface area contributed by atoms with Crippen LogP contribution >= 0.6 is 0 Å². The smallest absolute Gasteiger partial charge is 0.312 e. The van der Waals surface area contributed by atoms with Gasteiger partial charge in [0.15, 0.2) is 5.75 Å². The maximum Gasteiger partial charge on any atom is 0.312 e. The van der Waals surface area contributed by atoms with E-state index in [1.54, 1.807) is 12.1 Å². The van der Waals surface area contributed by atoms with Crippen molar-refractivity contribution < 1.29 is 9.66 Å². The van der Waals surface area contributed by atoms with E-state index in [1.807, 2.05) is 0 Å². The van der Waals surface area contributed by atoms with E-state index in [0.29, 0.717) is 6.04 Å². The first-order valence-corrected chi connectivity index (χ1v) is 5.71. The lowest BCUT2D eigenvalue weighted by molar-refractivity contribution is -0.385. The fourth-order valence-corrected chi connectivity index (χ4v) is 1.65. The number of methoxy groups -OCH3 is 1. The molecule has 0 atom stereocenters. The molecule has 1 aromatic carbocycles. The molecule has 5 heteroatoms. The predicted molar refractivity (Wildman–Crippen MR) is 67.6 cm³/mol. The number of nitro groups is 1. The molecule has 0 unspecified atom stereocenters. The van der Waals surface area contributed by atoms with E-state index in [2.05, 4.69) is 19.2 Å². The molecular weight excluding hydrogens is 220 g/mol. The summed E-state index contributed by atoms with van der Waals surface area (Å²) in [6.07, 6.45) is 1.96. The summed E-state index contributed by atoms with van der Waals surface area (Å²) in [5.74, 6) is 0.282. The van der Waals surface area contributed by atoms with Crippen LogP contribution in [0.4, 0.5) is 11.4 Å². The van der Waals surface area contributed by atoms with Crippen LogP contribution in [0.25, 0.3) is 0 Å². The van der Waals surface area contributed by atoms with E-state index < -0.39 is 4.92 Å². The number of nitrogens with one attached hydrogen (secondary N) is 1. The van der Waals surface area contributed by atoms with Crippen LogP contribution < -0.4 is 10.1 Å². The average Bonchev–Trinajstić information content (AvgIpc) is 2.35. The van der Waals surface area contributed by atoms with E-state index in [1.165, 1.54) is 13.2 Å². The second-order valence-corrected chi connectivity index (χ2v) is 3.80. The zero-order chi connectivity index (χ0) is 12.8. The van der Waals surface area contributed by atoms with Crippen molar-refractivity contribution in [1.29, 1.82) is 0 Å². The maximum absolute atomic E-state index is 10.9. The van der Waals surface area contributed by atoms with Crippen molar-refractivity contribution >= 4 is 11.4 Å². The fourth-order valence-electron chi connectivity index (χ4n) is 1.65. The van der Waals surface area contributed by atoms with Crippen LogP contribution in [-0.2, 0) is 0 Å². The molecule has 94 valence electrons. The summed E-state index contributed by atoms with van der Waals surface area (Å²) >= 11 is 0. The van der Waals surface area contributed by atoms with Crippen molar-refractivity contribution in [3.63, 3.8) is 0 Å². The maximum atomic E-state index is 10.9. The molecule has 0 aliphatic carbocycles. The van der Waals surface area contributed by atoms with Gasteiger partial charge in [0, 0.05) is 17.8 Å². The molecule has 0 saturated carbocycles. The van der Waals surface area contributed by atoms with E-state index in [-0.39, 0.29) is 11.4 Å². The topological polar surface area (TPSA) is 64.4 Å². The molecule has 1 N–H and O–H groups in total. The van der Waals surface area contributed by atoms with Gasteiger partial charge in [-0.25, -0.2) is 0 Å². The Labute approximate surface area is 101 Å². The van der Waals surface area contributed by atoms with Crippen LogP contribution in [0.2, 0.25) is 0 Å². The van der Waals surface area contributed by atoms with Crippen molar-refractivity contribution in [1.82, 2.24) is 0 Å². The van der Waals surface area contributed by atoms with Gasteiger partial charge in [0.2, 0.25) is 0 Å². The van der Waals surface area contributed by atoms with Crippen molar-refractivity contribution in [2.45, 2.75) is 32.7 Å². The highest BCUT2D eigenvalue weighted by molar-refractivity contribution is 5.58. The SMILES string of the molecule is CCC(CC)Nc1ccc(OC)c([N+](=O)[O-])c1. The molecule has 5 nitrogen and oxygen atoms in total. The summed E-state index contributed by atoms with van der Waals surface area (Å²) in [5.41, 5.74) is 0.745. The van der Waals surface area contributed by atoms with E-state index in [4.69, 9.17) is 4.74 Å². The van der Waals surface area contributed by atoms with Crippen molar-refractivity contribution in [2.24, 2.45) is 0 Å². The molecule has 0 heterocycles. The minimum absolute atomic E-state index is 0.0107. The van der Waals surface area contributed by atoms with Gasteiger partial charge >= 0.3 is 5.69 Å². The summed E-state index contributed by atoms with van der Waals surface area (Å²) in [4.78, 5) is 10.4. The van der Waals surface area contributed by atoms with Crippen LogP contribution in [-0.4, -0.2) is 18.1 Å². The summed E-state index contributed by atoms with van der Waals surface area (Å²) < 4.78 is 4.95. The first-order valence-electron chi connectivity index (χ1n) is 5.71. The molecule has 1 rings (SSSR count). The van der Waals surface area contributed by atoms with Gasteiger partial charge in [-0.2, -0.15) is 0 Å². The zero-order valence-electron chi connectivity index (χ0n) is 10.4. The molecule has 17 heavy (non-hydrogen) atoms. The van der Waals surface area contributed by atoms with Crippen LogP contribution in [0, 0.1) is 10.1 Å². The van der Waals surface area contributed by atoms with Gasteiger partial charge in [0.05, 0.1) is 12.0 Å². The average molecular weight is 238 g/mol. The third kappa shape index (κ3) is 3.34. The van der Waals surface area contributed by atoms with E-state index in [0.717, 1.165) is 18.5 Å². The zero-order valence-corrected chi connectivity index (χ0v) is 10.4. The highest BCUT2D eigenvalue weighted by atomic mass is 16.6. The summed E-state index contributed by atoms with van der Waals surface area (Å²) in [6.45, 7) is 4.16. The monoisotopic (exact) mass is 238 g/mol. The van der Waals surface area contributed by atoms with Crippen LogP contribution in [0.1, 0.15) is 26.7 Å². The molecule has 0 spiro atoms. The Morgan fingerprint density at radius 1 is 1.41 bits per heavy atom. The standard InChI is InChI=1S/C12H18N2O3/c1-4-9(5-2)13-10-6-7-12(17-3)11(8-10)14(15)16/h6-9,13H,4-5H2,1-3H3. The molecule has 0 fully saturated rings. The largest absolute Gasteiger partial charge is 0.490 e. The van der Waals surface area contributed by atoms with E-state index in [9.17, 15) is 10.1 Å². The summed E-state index contributed by atoms with van der Waals surface area (Å²) in [6, 6.07) is 5.26. The van der Waals surface area contributed by atoms with Crippen LogP contribution in [0.15, 0.2) is 18.2 Å². The molecule has 0 aliphatic heterocycles. The first-order chi connectivity index (χ1) is 8.12. The minimum atomic E-state index is -0.434. The Bertz CT molecular complexity index is 389. The quantitative estimate of drug-likeness (QED) is 0.610. The van der Waals surface area contributed by atoms with Crippen LogP contribution in [0.5, 0.6) is 5.75 Å². The van der Waals surface area contributed by atoms with Crippen molar-refractivity contribution in [3.8, 4) is 5.75 Å². The third-order valence-electron chi connectivity index (χ3n) is 2.73. The van der Waals surface area contributed by atoms with Gasteiger partial charge in [-0.05, 0) is 25.0 Å². The Kier molecular flexibility index (Phi) is 4.75. The Balaban J connectivity index is 2.95.